The number of para-hydroxylation sites is 1. The van der Waals surface area contributed by atoms with Gasteiger partial charge in [0.05, 0.1) is 29.2 Å². The molecule has 1 spiro atoms. The summed E-state index contributed by atoms with van der Waals surface area (Å²) in [7, 11) is 0. The Morgan fingerprint density at radius 3 is 2.43 bits per heavy atom. The maximum atomic E-state index is 14.1. The van der Waals surface area contributed by atoms with E-state index in [2.05, 4.69) is 17.6 Å². The lowest BCUT2D eigenvalue weighted by Gasteiger charge is -2.39. The van der Waals surface area contributed by atoms with Crippen LogP contribution < -0.4 is 10.6 Å². The quantitative estimate of drug-likeness (QED) is 0.520. The lowest BCUT2D eigenvalue weighted by Crippen LogP contribution is -2.56. The lowest BCUT2D eigenvalue weighted by atomic mass is 9.66. The number of nitrogens with one attached hydrogen (secondary N) is 2. The molecule has 0 aliphatic carbocycles. The zero-order chi connectivity index (χ0) is 26.5. The van der Waals surface area contributed by atoms with Crippen LogP contribution in [0.1, 0.15) is 37.0 Å². The van der Waals surface area contributed by atoms with E-state index in [1.165, 1.54) is 0 Å². The predicted octanol–water partition coefficient (Wildman–Crippen LogP) is 3.28. The number of thioether (sulfide) groups is 1. The molecule has 3 aliphatic heterocycles. The summed E-state index contributed by atoms with van der Waals surface area (Å²) in [6, 6.07) is 14.2. The number of fused-ring (bicyclic) bond motifs is 1. The van der Waals surface area contributed by atoms with E-state index in [1.807, 2.05) is 62.4 Å². The average molecular weight is 522 g/mol. The van der Waals surface area contributed by atoms with E-state index in [4.69, 9.17) is 0 Å². The molecule has 3 fully saturated rings. The zero-order valence-corrected chi connectivity index (χ0v) is 22.5. The molecule has 7 atom stereocenters. The van der Waals surface area contributed by atoms with E-state index in [1.54, 1.807) is 23.6 Å². The van der Waals surface area contributed by atoms with Crippen molar-refractivity contribution in [1.82, 2.24) is 10.2 Å². The molecule has 2 bridgehead atoms. The van der Waals surface area contributed by atoms with Gasteiger partial charge < -0.3 is 20.6 Å². The number of carbonyl (C=O) groups excluding carboxylic acids is 3. The second-order valence-corrected chi connectivity index (χ2v) is 12.3. The van der Waals surface area contributed by atoms with Crippen molar-refractivity contribution in [3.8, 4) is 0 Å². The molecule has 8 heteroatoms. The number of nitrogens with zero attached hydrogens (tertiary/aromatic N) is 1. The van der Waals surface area contributed by atoms with Gasteiger partial charge in [0.25, 0.3) is 0 Å². The van der Waals surface area contributed by atoms with Gasteiger partial charge in [-0.2, -0.15) is 0 Å². The SMILES string of the molecule is Cc1cccc(C)c1NC(=O)C1N([C@H](C)CO)C(=O)[C@@H]2[C@H](C(=O)NCc3ccccc3)[C@@H]3CC(C)C12S3. The number of likely N-dealkylation sites (tertiary alicyclic amines) is 1. The van der Waals surface area contributed by atoms with Gasteiger partial charge in [0, 0.05) is 17.5 Å². The van der Waals surface area contributed by atoms with Crippen LogP contribution in [-0.2, 0) is 20.9 Å². The van der Waals surface area contributed by atoms with Crippen LogP contribution in [-0.4, -0.2) is 56.4 Å². The first-order valence-electron chi connectivity index (χ1n) is 13.0. The standard InChI is InChI=1S/C29H35N3O4S/c1-16-9-8-10-17(2)24(16)31-27(35)25-29-18(3)13-21(37-29)22(23(29)28(36)32(25)19(4)15-33)26(34)30-14-20-11-6-5-7-12-20/h5-12,18-19,21-23,25,33H,13-15H2,1-4H3,(H,30,34)(H,31,35)/t18?,19-,21+,22-,23+,25?,29?/m1/s1. The Morgan fingerprint density at radius 2 is 1.78 bits per heavy atom. The molecule has 3 heterocycles. The van der Waals surface area contributed by atoms with E-state index < -0.39 is 28.7 Å². The van der Waals surface area contributed by atoms with Gasteiger partial charge in [-0.15, -0.1) is 11.8 Å². The molecule has 37 heavy (non-hydrogen) atoms. The van der Waals surface area contributed by atoms with Crippen molar-refractivity contribution in [1.29, 1.82) is 0 Å². The van der Waals surface area contributed by atoms with E-state index >= 15 is 0 Å². The first kappa shape index (κ1) is 25.8. The van der Waals surface area contributed by atoms with Crippen LogP contribution in [0.15, 0.2) is 48.5 Å². The van der Waals surface area contributed by atoms with Crippen molar-refractivity contribution >= 4 is 35.2 Å². The van der Waals surface area contributed by atoms with Gasteiger partial charge in [0.1, 0.15) is 6.04 Å². The van der Waals surface area contributed by atoms with Crippen molar-refractivity contribution in [2.24, 2.45) is 17.8 Å². The van der Waals surface area contributed by atoms with Gasteiger partial charge in [-0.3, -0.25) is 14.4 Å². The van der Waals surface area contributed by atoms with Crippen LogP contribution in [0.5, 0.6) is 0 Å². The minimum Gasteiger partial charge on any atom is -0.394 e. The third kappa shape index (κ3) is 4.05. The van der Waals surface area contributed by atoms with Gasteiger partial charge >= 0.3 is 0 Å². The zero-order valence-electron chi connectivity index (χ0n) is 21.7. The number of rotatable bonds is 7. The summed E-state index contributed by atoms with van der Waals surface area (Å²) < 4.78 is -0.722. The molecule has 7 nitrogen and oxygen atoms in total. The fourth-order valence-electron chi connectivity index (χ4n) is 6.73. The Hall–Kier alpha value is -2.84. The number of carbonyl (C=O) groups is 3. The summed E-state index contributed by atoms with van der Waals surface area (Å²) in [5.41, 5.74) is 3.64. The molecular weight excluding hydrogens is 486 g/mol. The van der Waals surface area contributed by atoms with Gasteiger partial charge in [-0.1, -0.05) is 55.5 Å². The summed E-state index contributed by atoms with van der Waals surface area (Å²) in [6.07, 6.45) is 0.770. The minimum absolute atomic E-state index is 0.0261. The first-order valence-corrected chi connectivity index (χ1v) is 13.9. The Labute approximate surface area is 222 Å². The molecule has 0 saturated carbocycles. The van der Waals surface area contributed by atoms with Crippen molar-refractivity contribution in [2.45, 2.75) is 62.7 Å². The summed E-state index contributed by atoms with van der Waals surface area (Å²) in [5.74, 6) is -1.64. The number of anilines is 1. The Bertz CT molecular complexity index is 1200. The predicted molar refractivity (Wildman–Crippen MR) is 145 cm³/mol. The number of aliphatic hydroxyl groups excluding tert-OH is 1. The van der Waals surface area contributed by atoms with Crippen LogP contribution in [0.4, 0.5) is 5.69 Å². The molecule has 3 unspecified atom stereocenters. The number of benzene rings is 2. The highest BCUT2D eigenvalue weighted by Gasteiger charge is 2.76. The maximum Gasteiger partial charge on any atom is 0.248 e. The first-order chi connectivity index (χ1) is 17.7. The molecule has 0 radical (unpaired) electrons. The van der Waals surface area contributed by atoms with Gasteiger partial charge in [0.15, 0.2) is 0 Å². The highest BCUT2D eigenvalue weighted by Crippen LogP contribution is 2.68. The second kappa shape index (κ2) is 9.80. The monoisotopic (exact) mass is 521 g/mol. The number of hydrogen-bond acceptors (Lipinski definition) is 5. The molecular formula is C29H35N3O4S. The lowest BCUT2D eigenvalue weighted by molar-refractivity contribution is -0.141. The summed E-state index contributed by atoms with van der Waals surface area (Å²) in [6.45, 7) is 7.89. The fraction of sp³-hybridized carbons (Fsp3) is 0.483. The maximum absolute atomic E-state index is 14.1. The molecule has 196 valence electrons. The van der Waals surface area contributed by atoms with Crippen LogP contribution in [0.25, 0.3) is 0 Å². The van der Waals surface area contributed by atoms with Crippen LogP contribution in [0.2, 0.25) is 0 Å². The average Bonchev–Trinajstić information content (AvgIpc) is 3.48. The van der Waals surface area contributed by atoms with E-state index in [-0.39, 0.29) is 35.5 Å². The number of aryl methyl sites for hydroxylation is 2. The Balaban J connectivity index is 1.49. The highest BCUT2D eigenvalue weighted by molar-refractivity contribution is 8.02. The van der Waals surface area contributed by atoms with Crippen LogP contribution in [0.3, 0.4) is 0 Å². The largest absolute Gasteiger partial charge is 0.394 e. The van der Waals surface area contributed by atoms with E-state index in [9.17, 15) is 19.5 Å². The van der Waals surface area contributed by atoms with Gasteiger partial charge in [-0.25, -0.2) is 0 Å². The smallest absolute Gasteiger partial charge is 0.248 e. The molecule has 0 aromatic heterocycles. The molecule has 2 aromatic carbocycles. The topological polar surface area (TPSA) is 98.7 Å². The van der Waals surface area contributed by atoms with Crippen molar-refractivity contribution in [2.75, 3.05) is 11.9 Å². The summed E-state index contributed by atoms with van der Waals surface area (Å²) in [5, 5.41) is 16.2. The molecule has 3 N–H and O–H groups in total. The summed E-state index contributed by atoms with van der Waals surface area (Å²) >= 11 is 1.64. The molecule has 2 aromatic rings. The molecule has 5 rings (SSSR count). The minimum atomic E-state index is -0.775. The number of hydrogen-bond donors (Lipinski definition) is 3. The fourth-order valence-corrected chi connectivity index (χ4v) is 9.14. The molecule has 3 saturated heterocycles. The van der Waals surface area contributed by atoms with Gasteiger partial charge in [-0.05, 0) is 49.8 Å². The third-order valence-electron chi connectivity index (χ3n) is 8.51. The number of aliphatic hydroxyl groups is 1. The molecule has 3 aliphatic rings. The van der Waals surface area contributed by atoms with Crippen molar-refractivity contribution in [3.05, 3.63) is 65.2 Å². The van der Waals surface area contributed by atoms with E-state index in [0.29, 0.717) is 6.54 Å². The normalized spacial score (nSPS) is 30.8. The highest BCUT2D eigenvalue weighted by atomic mass is 32.2. The second-order valence-electron chi connectivity index (χ2n) is 10.8. The Kier molecular flexibility index (Phi) is 6.83. The van der Waals surface area contributed by atoms with Crippen molar-refractivity contribution < 1.29 is 19.5 Å². The Morgan fingerprint density at radius 1 is 1.11 bits per heavy atom. The number of amides is 3. The summed E-state index contributed by atoms with van der Waals surface area (Å²) in [4.78, 5) is 43.2. The van der Waals surface area contributed by atoms with Crippen LogP contribution >= 0.6 is 11.8 Å². The van der Waals surface area contributed by atoms with E-state index in [0.717, 1.165) is 28.8 Å². The van der Waals surface area contributed by atoms with Crippen molar-refractivity contribution in [3.63, 3.8) is 0 Å². The van der Waals surface area contributed by atoms with Gasteiger partial charge in [0.2, 0.25) is 17.7 Å². The van der Waals surface area contributed by atoms with Crippen LogP contribution in [0, 0.1) is 31.6 Å². The third-order valence-corrected chi connectivity index (χ3v) is 10.6. The molecule has 3 amide bonds.